The molecule has 0 aliphatic heterocycles. The molecule has 0 heterocycles. The van der Waals surface area contributed by atoms with Crippen molar-refractivity contribution in [3.05, 3.63) is 28.8 Å². The van der Waals surface area contributed by atoms with Crippen LogP contribution in [0.2, 0.25) is 5.02 Å². The molecule has 2 unspecified atom stereocenters. The van der Waals surface area contributed by atoms with Crippen LogP contribution in [0.3, 0.4) is 0 Å². The number of benzene rings is 1. The highest BCUT2D eigenvalue weighted by Gasteiger charge is 2.19. The third-order valence-corrected chi connectivity index (χ3v) is 3.41. The number of ether oxygens (including phenoxy) is 1. The van der Waals surface area contributed by atoms with E-state index in [2.05, 4.69) is 5.32 Å². The molecule has 20 heavy (non-hydrogen) atoms. The van der Waals surface area contributed by atoms with Gasteiger partial charge < -0.3 is 15.8 Å². The zero-order valence-corrected chi connectivity index (χ0v) is 13.3. The van der Waals surface area contributed by atoms with Gasteiger partial charge in [0.25, 0.3) is 5.91 Å². The summed E-state index contributed by atoms with van der Waals surface area (Å²) in [6.07, 6.45) is 0.198. The predicted octanol–water partition coefficient (Wildman–Crippen LogP) is 2.66. The topological polar surface area (TPSA) is 64.3 Å². The van der Waals surface area contributed by atoms with Crippen LogP contribution >= 0.6 is 23.8 Å². The summed E-state index contributed by atoms with van der Waals surface area (Å²) >= 11 is 11.0. The summed E-state index contributed by atoms with van der Waals surface area (Å²) in [5.41, 5.74) is 6.09. The third-order valence-electron chi connectivity index (χ3n) is 2.90. The molecular weight excluding hydrogens is 296 g/mol. The van der Waals surface area contributed by atoms with E-state index in [-0.39, 0.29) is 16.9 Å². The number of nitrogens with one attached hydrogen (secondary N) is 1. The molecule has 0 spiro atoms. The van der Waals surface area contributed by atoms with Crippen molar-refractivity contribution in [2.24, 2.45) is 5.73 Å². The zero-order chi connectivity index (χ0) is 15.3. The van der Waals surface area contributed by atoms with Gasteiger partial charge in [0.05, 0.1) is 10.6 Å². The Morgan fingerprint density at radius 2 is 2.15 bits per heavy atom. The van der Waals surface area contributed by atoms with Crippen molar-refractivity contribution >= 4 is 34.7 Å². The van der Waals surface area contributed by atoms with Gasteiger partial charge in [-0.25, -0.2) is 0 Å². The SMILES string of the molecule is CCC(C)NC(=O)C(C)Oc1cccc(Cl)c1C(N)=S. The van der Waals surface area contributed by atoms with E-state index in [4.69, 9.17) is 34.3 Å². The van der Waals surface area contributed by atoms with Gasteiger partial charge in [0, 0.05) is 6.04 Å². The Morgan fingerprint density at radius 1 is 1.50 bits per heavy atom. The van der Waals surface area contributed by atoms with Gasteiger partial charge >= 0.3 is 0 Å². The molecule has 1 aromatic carbocycles. The first-order valence-electron chi connectivity index (χ1n) is 6.42. The first kappa shape index (κ1) is 16.7. The van der Waals surface area contributed by atoms with Gasteiger partial charge in [0.15, 0.2) is 6.10 Å². The second-order valence-electron chi connectivity index (χ2n) is 4.56. The Labute approximate surface area is 129 Å². The first-order chi connectivity index (χ1) is 9.36. The number of amides is 1. The Balaban J connectivity index is 2.86. The third kappa shape index (κ3) is 4.35. The monoisotopic (exact) mass is 314 g/mol. The van der Waals surface area contributed by atoms with Crippen molar-refractivity contribution in [1.82, 2.24) is 5.32 Å². The molecular formula is C14H19ClN2O2S. The molecule has 0 saturated carbocycles. The summed E-state index contributed by atoms with van der Waals surface area (Å²) in [7, 11) is 0. The normalized spacial score (nSPS) is 13.4. The summed E-state index contributed by atoms with van der Waals surface area (Å²) in [5, 5.41) is 3.26. The van der Waals surface area contributed by atoms with E-state index in [1.165, 1.54) is 0 Å². The average Bonchev–Trinajstić information content (AvgIpc) is 2.37. The molecule has 0 aromatic heterocycles. The number of thiocarbonyl (C=S) groups is 1. The highest BCUT2D eigenvalue weighted by atomic mass is 35.5. The second-order valence-corrected chi connectivity index (χ2v) is 5.40. The summed E-state index contributed by atoms with van der Waals surface area (Å²) in [5.74, 6) is 0.227. The fraction of sp³-hybridized carbons (Fsp3) is 0.429. The predicted molar refractivity (Wildman–Crippen MR) is 85.3 cm³/mol. The van der Waals surface area contributed by atoms with Crippen LogP contribution in [0.1, 0.15) is 32.8 Å². The van der Waals surface area contributed by atoms with Crippen molar-refractivity contribution < 1.29 is 9.53 Å². The van der Waals surface area contributed by atoms with E-state index >= 15 is 0 Å². The van der Waals surface area contributed by atoms with Gasteiger partial charge in [-0.1, -0.05) is 36.8 Å². The number of rotatable bonds is 6. The lowest BCUT2D eigenvalue weighted by Gasteiger charge is -2.19. The van der Waals surface area contributed by atoms with Gasteiger partial charge in [-0.2, -0.15) is 0 Å². The van der Waals surface area contributed by atoms with Gasteiger partial charge in [-0.3, -0.25) is 4.79 Å². The Morgan fingerprint density at radius 3 is 2.70 bits per heavy atom. The van der Waals surface area contributed by atoms with E-state index in [1.807, 2.05) is 13.8 Å². The summed E-state index contributed by atoms with van der Waals surface area (Å²) < 4.78 is 5.63. The van der Waals surface area contributed by atoms with Crippen LogP contribution in [0, 0.1) is 0 Å². The summed E-state index contributed by atoms with van der Waals surface area (Å²) in [6.45, 7) is 5.60. The van der Waals surface area contributed by atoms with Gasteiger partial charge in [0.2, 0.25) is 0 Å². The molecule has 110 valence electrons. The molecule has 0 aliphatic carbocycles. The van der Waals surface area contributed by atoms with Gasteiger partial charge in [-0.15, -0.1) is 0 Å². The summed E-state index contributed by atoms with van der Waals surface area (Å²) in [4.78, 5) is 12.1. The van der Waals surface area contributed by atoms with Crippen LogP contribution < -0.4 is 15.8 Å². The van der Waals surface area contributed by atoms with Gasteiger partial charge in [-0.05, 0) is 32.4 Å². The Bertz CT molecular complexity index is 508. The van der Waals surface area contributed by atoms with Crippen molar-refractivity contribution in [2.75, 3.05) is 0 Å². The fourth-order valence-corrected chi connectivity index (χ4v) is 2.08. The van der Waals surface area contributed by atoms with Crippen molar-refractivity contribution in [3.63, 3.8) is 0 Å². The van der Waals surface area contributed by atoms with Crippen LogP contribution in [0.25, 0.3) is 0 Å². The molecule has 2 atom stereocenters. The van der Waals surface area contributed by atoms with Crippen molar-refractivity contribution in [1.29, 1.82) is 0 Å². The zero-order valence-electron chi connectivity index (χ0n) is 11.8. The van der Waals surface area contributed by atoms with E-state index < -0.39 is 6.10 Å². The van der Waals surface area contributed by atoms with E-state index in [1.54, 1.807) is 25.1 Å². The molecule has 1 rings (SSSR count). The smallest absolute Gasteiger partial charge is 0.260 e. The van der Waals surface area contributed by atoms with E-state index in [0.717, 1.165) is 6.42 Å². The largest absolute Gasteiger partial charge is 0.480 e. The number of carbonyl (C=O) groups is 1. The van der Waals surface area contributed by atoms with Gasteiger partial charge in [0.1, 0.15) is 10.7 Å². The van der Waals surface area contributed by atoms with Crippen LogP contribution in [0.4, 0.5) is 0 Å². The Kier molecular flexibility index (Phi) is 6.23. The maximum absolute atomic E-state index is 11.9. The number of nitrogens with two attached hydrogens (primary N) is 1. The minimum atomic E-state index is -0.657. The lowest BCUT2D eigenvalue weighted by Crippen LogP contribution is -2.41. The van der Waals surface area contributed by atoms with Crippen LogP contribution in [0.15, 0.2) is 18.2 Å². The van der Waals surface area contributed by atoms with Crippen molar-refractivity contribution in [3.8, 4) is 5.75 Å². The molecule has 0 fully saturated rings. The molecule has 6 heteroatoms. The molecule has 1 amide bonds. The van der Waals surface area contributed by atoms with Crippen LogP contribution in [0.5, 0.6) is 5.75 Å². The van der Waals surface area contributed by atoms with E-state index in [0.29, 0.717) is 16.3 Å². The molecule has 1 aromatic rings. The fourth-order valence-electron chi connectivity index (χ4n) is 1.55. The standard InChI is InChI=1S/C14H19ClN2O2S/c1-4-8(2)17-14(18)9(3)19-11-7-5-6-10(15)12(11)13(16)20/h5-9H,4H2,1-3H3,(H2,16,20)(H,17,18). The molecule has 0 saturated heterocycles. The first-order valence-corrected chi connectivity index (χ1v) is 7.20. The molecule has 4 nitrogen and oxygen atoms in total. The minimum absolute atomic E-state index is 0.1000. The maximum Gasteiger partial charge on any atom is 0.260 e. The van der Waals surface area contributed by atoms with E-state index in [9.17, 15) is 4.79 Å². The quantitative estimate of drug-likeness (QED) is 0.792. The maximum atomic E-state index is 11.9. The lowest BCUT2D eigenvalue weighted by molar-refractivity contribution is -0.127. The average molecular weight is 315 g/mol. The molecule has 0 bridgehead atoms. The lowest BCUT2D eigenvalue weighted by atomic mass is 10.2. The summed E-state index contributed by atoms with van der Waals surface area (Å²) in [6, 6.07) is 5.18. The molecule has 3 N–H and O–H groups in total. The number of hydrogen-bond acceptors (Lipinski definition) is 3. The Hall–Kier alpha value is -1.33. The second kappa shape index (κ2) is 7.45. The molecule has 0 radical (unpaired) electrons. The van der Waals surface area contributed by atoms with Crippen molar-refractivity contribution in [2.45, 2.75) is 39.3 Å². The van der Waals surface area contributed by atoms with Crippen LogP contribution in [-0.4, -0.2) is 23.0 Å². The number of hydrogen-bond donors (Lipinski definition) is 2. The minimum Gasteiger partial charge on any atom is -0.480 e. The number of carbonyl (C=O) groups excluding carboxylic acids is 1. The highest BCUT2D eigenvalue weighted by molar-refractivity contribution is 7.80. The highest BCUT2D eigenvalue weighted by Crippen LogP contribution is 2.27. The number of halogens is 1. The molecule has 0 aliphatic rings. The van der Waals surface area contributed by atoms with Crippen LogP contribution in [-0.2, 0) is 4.79 Å².